The number of carbonyl (C=O) groups excluding carboxylic acids is 1. The lowest BCUT2D eigenvalue weighted by molar-refractivity contribution is -0.137. The van der Waals surface area contributed by atoms with Crippen molar-refractivity contribution < 1.29 is 18.0 Å². The van der Waals surface area contributed by atoms with Gasteiger partial charge in [-0.3, -0.25) is 9.20 Å². The van der Waals surface area contributed by atoms with E-state index in [1.54, 1.807) is 41.1 Å². The molecule has 0 spiro atoms. The first-order chi connectivity index (χ1) is 21.7. The van der Waals surface area contributed by atoms with Gasteiger partial charge in [0.1, 0.15) is 0 Å². The van der Waals surface area contributed by atoms with Gasteiger partial charge in [0.15, 0.2) is 5.65 Å². The molecule has 0 fully saturated rings. The molecule has 0 aliphatic heterocycles. The first kappa shape index (κ1) is 29.6. The summed E-state index contributed by atoms with van der Waals surface area (Å²) in [6.45, 7) is 3.86. The molecular formula is C35H29F3N6O. The molecule has 7 nitrogen and oxygen atoms in total. The van der Waals surface area contributed by atoms with Crippen LogP contribution in [0.5, 0.6) is 0 Å². The highest BCUT2D eigenvalue weighted by Gasteiger charge is 2.31. The molecule has 226 valence electrons. The normalized spacial score (nSPS) is 12.9. The van der Waals surface area contributed by atoms with Crippen LogP contribution in [0.4, 0.5) is 19.1 Å². The SMILES string of the molecule is C[C@H](NC(=O)c1cccn2c(-c3ccnc(N[C@@H](C)c4ccccc4)n3)c(-c3cccc(C(F)(F)F)c3)nc12)c1ccccc1. The lowest BCUT2D eigenvalue weighted by Gasteiger charge is -2.15. The van der Waals surface area contributed by atoms with Crippen molar-refractivity contribution in [2.45, 2.75) is 32.1 Å². The Hall–Kier alpha value is -5.51. The summed E-state index contributed by atoms with van der Waals surface area (Å²) in [6.07, 6.45) is -1.25. The Bertz CT molecular complexity index is 1960. The van der Waals surface area contributed by atoms with Gasteiger partial charge in [0, 0.05) is 18.0 Å². The highest BCUT2D eigenvalue weighted by molar-refractivity contribution is 6.01. The van der Waals surface area contributed by atoms with E-state index in [4.69, 9.17) is 9.97 Å². The summed E-state index contributed by atoms with van der Waals surface area (Å²) in [5, 5.41) is 6.31. The molecule has 2 atom stereocenters. The number of nitrogens with one attached hydrogen (secondary N) is 2. The van der Waals surface area contributed by atoms with E-state index in [-0.39, 0.29) is 40.5 Å². The summed E-state index contributed by atoms with van der Waals surface area (Å²) in [6, 6.07) is 28.9. The van der Waals surface area contributed by atoms with Gasteiger partial charge in [-0.25, -0.2) is 15.0 Å². The van der Waals surface area contributed by atoms with E-state index in [0.717, 1.165) is 23.3 Å². The van der Waals surface area contributed by atoms with Crippen LogP contribution in [0.25, 0.3) is 28.3 Å². The first-order valence-corrected chi connectivity index (χ1v) is 14.4. The van der Waals surface area contributed by atoms with E-state index < -0.39 is 11.7 Å². The van der Waals surface area contributed by atoms with Crippen molar-refractivity contribution in [3.63, 3.8) is 0 Å². The summed E-state index contributed by atoms with van der Waals surface area (Å²) < 4.78 is 42.9. The number of alkyl halides is 3. The second-order valence-corrected chi connectivity index (χ2v) is 10.7. The number of carbonyl (C=O) groups is 1. The van der Waals surface area contributed by atoms with Crippen LogP contribution in [0.3, 0.4) is 0 Å². The molecular weight excluding hydrogens is 577 g/mol. The zero-order valence-corrected chi connectivity index (χ0v) is 24.5. The number of aromatic nitrogens is 4. The molecule has 0 unspecified atom stereocenters. The summed E-state index contributed by atoms with van der Waals surface area (Å²) >= 11 is 0. The number of nitrogens with zero attached hydrogens (tertiary/aromatic N) is 4. The minimum atomic E-state index is -4.55. The van der Waals surface area contributed by atoms with Crippen molar-refractivity contribution in [2.75, 3.05) is 5.32 Å². The maximum atomic E-state index is 13.7. The molecule has 0 aliphatic carbocycles. The standard InChI is InChI=1S/C35H29F3N6O/c1-22(24-11-5-3-6-12-24)40-33(45)28-17-10-20-44-31(30(43-32(28)44)26-15-9-16-27(21-26)35(36,37)38)29-18-19-39-34(42-29)41-23(2)25-13-7-4-8-14-25/h3-23H,1-2H3,(H,40,45)(H,39,41,42)/t22-,23-/m0/s1. The van der Waals surface area contributed by atoms with Crippen LogP contribution in [0.15, 0.2) is 116 Å². The molecule has 3 aromatic heterocycles. The highest BCUT2D eigenvalue weighted by Crippen LogP contribution is 2.37. The van der Waals surface area contributed by atoms with Crippen LogP contribution in [-0.2, 0) is 6.18 Å². The van der Waals surface area contributed by atoms with E-state index in [1.807, 2.05) is 74.5 Å². The summed E-state index contributed by atoms with van der Waals surface area (Å²) in [5.41, 5.74) is 3.03. The van der Waals surface area contributed by atoms with Crippen molar-refractivity contribution in [3.8, 4) is 22.6 Å². The maximum Gasteiger partial charge on any atom is 0.416 e. The van der Waals surface area contributed by atoms with Crippen LogP contribution < -0.4 is 10.6 Å². The molecule has 2 N–H and O–H groups in total. The Morgan fingerprint density at radius 2 is 1.49 bits per heavy atom. The van der Waals surface area contributed by atoms with E-state index in [9.17, 15) is 18.0 Å². The largest absolute Gasteiger partial charge is 0.416 e. The van der Waals surface area contributed by atoms with Gasteiger partial charge in [0.05, 0.1) is 40.3 Å². The number of anilines is 1. The smallest absolute Gasteiger partial charge is 0.348 e. The predicted octanol–water partition coefficient (Wildman–Crippen LogP) is 8.14. The number of amides is 1. The third-order valence-electron chi connectivity index (χ3n) is 7.55. The lowest BCUT2D eigenvalue weighted by atomic mass is 10.0. The first-order valence-electron chi connectivity index (χ1n) is 14.4. The van der Waals surface area contributed by atoms with Gasteiger partial charge in [-0.1, -0.05) is 72.8 Å². The molecule has 0 aliphatic rings. The molecule has 1 amide bonds. The Balaban J connectivity index is 1.46. The fraction of sp³-hybridized carbons (Fsp3) is 0.143. The number of halogens is 3. The van der Waals surface area contributed by atoms with Gasteiger partial charge in [-0.2, -0.15) is 13.2 Å². The number of fused-ring (bicyclic) bond motifs is 1. The van der Waals surface area contributed by atoms with E-state index in [2.05, 4.69) is 15.6 Å². The van der Waals surface area contributed by atoms with Gasteiger partial charge in [0.25, 0.3) is 5.91 Å². The van der Waals surface area contributed by atoms with Gasteiger partial charge in [-0.15, -0.1) is 0 Å². The molecule has 0 saturated heterocycles. The molecule has 10 heteroatoms. The van der Waals surface area contributed by atoms with Gasteiger partial charge >= 0.3 is 6.18 Å². The fourth-order valence-corrected chi connectivity index (χ4v) is 5.21. The summed E-state index contributed by atoms with van der Waals surface area (Å²) in [7, 11) is 0. The third kappa shape index (κ3) is 6.26. The molecule has 0 bridgehead atoms. The van der Waals surface area contributed by atoms with Gasteiger partial charge in [-0.05, 0) is 55.3 Å². The number of hydrogen-bond donors (Lipinski definition) is 2. The quantitative estimate of drug-likeness (QED) is 0.183. The minimum Gasteiger partial charge on any atom is -0.348 e. The average molecular weight is 607 g/mol. The minimum absolute atomic E-state index is 0.117. The van der Waals surface area contributed by atoms with E-state index >= 15 is 0 Å². The average Bonchev–Trinajstić information content (AvgIpc) is 3.45. The second kappa shape index (κ2) is 12.2. The monoisotopic (exact) mass is 606 g/mol. The molecule has 0 saturated carbocycles. The van der Waals surface area contributed by atoms with Crippen molar-refractivity contribution in [2.24, 2.45) is 0 Å². The van der Waals surface area contributed by atoms with Gasteiger partial charge < -0.3 is 10.6 Å². The second-order valence-electron chi connectivity index (χ2n) is 10.7. The number of imidazole rings is 1. The topological polar surface area (TPSA) is 84.2 Å². The van der Waals surface area contributed by atoms with Crippen molar-refractivity contribution >= 4 is 17.5 Å². The van der Waals surface area contributed by atoms with Crippen molar-refractivity contribution in [1.29, 1.82) is 0 Å². The van der Waals surface area contributed by atoms with Crippen LogP contribution in [0.1, 0.15) is 53.0 Å². The third-order valence-corrected chi connectivity index (χ3v) is 7.55. The number of benzene rings is 3. The van der Waals surface area contributed by atoms with Crippen LogP contribution >= 0.6 is 0 Å². The summed E-state index contributed by atoms with van der Waals surface area (Å²) in [4.78, 5) is 27.5. The van der Waals surface area contributed by atoms with Crippen molar-refractivity contribution in [3.05, 3.63) is 138 Å². The molecule has 0 radical (unpaired) electrons. The number of rotatable bonds is 8. The van der Waals surface area contributed by atoms with Crippen LogP contribution in [0.2, 0.25) is 0 Å². The Morgan fingerprint density at radius 3 is 2.18 bits per heavy atom. The Kier molecular flexibility index (Phi) is 8.04. The molecule has 6 aromatic rings. The molecule has 3 heterocycles. The fourth-order valence-electron chi connectivity index (χ4n) is 5.21. The van der Waals surface area contributed by atoms with Gasteiger partial charge in [0.2, 0.25) is 5.95 Å². The lowest BCUT2D eigenvalue weighted by Crippen LogP contribution is -2.27. The highest BCUT2D eigenvalue weighted by atomic mass is 19.4. The number of pyridine rings is 1. The Labute approximate surface area is 257 Å². The van der Waals surface area contributed by atoms with E-state index in [0.29, 0.717) is 17.3 Å². The zero-order valence-electron chi connectivity index (χ0n) is 24.5. The predicted molar refractivity (Wildman–Crippen MR) is 167 cm³/mol. The maximum absolute atomic E-state index is 13.7. The van der Waals surface area contributed by atoms with E-state index in [1.165, 1.54) is 6.07 Å². The van der Waals surface area contributed by atoms with Crippen LogP contribution in [-0.4, -0.2) is 25.3 Å². The molecule has 6 rings (SSSR count). The van der Waals surface area contributed by atoms with Crippen molar-refractivity contribution in [1.82, 2.24) is 24.7 Å². The Morgan fingerprint density at radius 1 is 0.800 bits per heavy atom. The molecule has 45 heavy (non-hydrogen) atoms. The summed E-state index contributed by atoms with van der Waals surface area (Å²) in [5.74, 6) is -0.0368. The van der Waals surface area contributed by atoms with Crippen LogP contribution in [0, 0.1) is 0 Å². The molecule has 3 aromatic carbocycles. The number of hydrogen-bond acceptors (Lipinski definition) is 5. The zero-order chi connectivity index (χ0) is 31.6.